The van der Waals surface area contributed by atoms with Gasteiger partial charge in [-0.05, 0) is 33.2 Å². The van der Waals surface area contributed by atoms with Crippen molar-refractivity contribution in [2.24, 2.45) is 11.1 Å². The summed E-state index contributed by atoms with van der Waals surface area (Å²) in [6.45, 7) is 8.04. The van der Waals surface area contributed by atoms with Gasteiger partial charge in [-0.1, -0.05) is 0 Å². The number of nitrogens with zero attached hydrogens (tertiary/aromatic N) is 1. The van der Waals surface area contributed by atoms with Gasteiger partial charge in [-0.15, -0.1) is 12.4 Å². The molecule has 0 aromatic rings. The van der Waals surface area contributed by atoms with Gasteiger partial charge in [0, 0.05) is 37.0 Å². The van der Waals surface area contributed by atoms with Crippen LogP contribution in [0.3, 0.4) is 0 Å². The van der Waals surface area contributed by atoms with Crippen molar-refractivity contribution in [2.45, 2.75) is 38.6 Å². The molecule has 1 unspecified atom stereocenters. The number of carbonyl (C=O) groups is 1. The van der Waals surface area contributed by atoms with Gasteiger partial charge in [-0.3, -0.25) is 4.79 Å². The van der Waals surface area contributed by atoms with Crippen LogP contribution in [0, 0.1) is 5.41 Å². The Morgan fingerprint density at radius 1 is 1.53 bits per heavy atom. The number of hydrogen-bond donors (Lipinski definition) is 2. The molecule has 0 aromatic heterocycles. The van der Waals surface area contributed by atoms with E-state index < -0.39 is 0 Å². The maximum Gasteiger partial charge on any atom is 0.220 e. The minimum absolute atomic E-state index is 0. The number of amides is 1. The molecule has 1 spiro atoms. The molecular formula is C12H24ClN3O. The largest absolute Gasteiger partial charge is 0.355 e. The molecule has 100 valence electrons. The van der Waals surface area contributed by atoms with Gasteiger partial charge in [-0.25, -0.2) is 0 Å². The molecule has 5 heteroatoms. The van der Waals surface area contributed by atoms with Crippen LogP contribution < -0.4 is 11.1 Å². The number of hydrogen-bond acceptors (Lipinski definition) is 3. The highest BCUT2D eigenvalue weighted by molar-refractivity contribution is 5.85. The Hall–Kier alpha value is -0.320. The molecular weight excluding hydrogens is 238 g/mol. The van der Waals surface area contributed by atoms with E-state index in [-0.39, 0.29) is 29.3 Å². The fraction of sp³-hybridized carbons (Fsp3) is 0.917. The van der Waals surface area contributed by atoms with Crippen LogP contribution in [-0.2, 0) is 4.79 Å². The van der Waals surface area contributed by atoms with E-state index in [4.69, 9.17) is 5.73 Å². The van der Waals surface area contributed by atoms with Crippen molar-refractivity contribution in [1.82, 2.24) is 10.2 Å². The van der Waals surface area contributed by atoms with Gasteiger partial charge in [0.15, 0.2) is 0 Å². The van der Waals surface area contributed by atoms with Crippen molar-refractivity contribution >= 4 is 18.3 Å². The zero-order chi connectivity index (χ0) is 11.8. The van der Waals surface area contributed by atoms with Crippen LogP contribution in [0.1, 0.15) is 33.1 Å². The van der Waals surface area contributed by atoms with Gasteiger partial charge < -0.3 is 16.0 Å². The molecule has 17 heavy (non-hydrogen) atoms. The van der Waals surface area contributed by atoms with E-state index in [9.17, 15) is 4.79 Å². The maximum atomic E-state index is 11.4. The van der Waals surface area contributed by atoms with Gasteiger partial charge in [0.1, 0.15) is 0 Å². The molecule has 0 saturated carbocycles. The molecule has 0 radical (unpaired) electrons. The first-order chi connectivity index (χ1) is 7.39. The van der Waals surface area contributed by atoms with E-state index in [1.807, 2.05) is 0 Å². The molecule has 2 saturated heterocycles. The molecule has 2 rings (SSSR count). The second-order valence-corrected chi connectivity index (χ2v) is 6.26. The maximum absolute atomic E-state index is 11.4. The molecule has 2 fully saturated rings. The summed E-state index contributed by atoms with van der Waals surface area (Å²) < 4.78 is 0. The monoisotopic (exact) mass is 261 g/mol. The first-order valence-electron chi connectivity index (χ1n) is 6.17. The van der Waals surface area contributed by atoms with Gasteiger partial charge in [0.25, 0.3) is 0 Å². The van der Waals surface area contributed by atoms with Crippen molar-refractivity contribution in [2.75, 3.05) is 26.2 Å². The number of piperidine rings is 1. The molecule has 2 heterocycles. The van der Waals surface area contributed by atoms with Gasteiger partial charge in [0.2, 0.25) is 5.91 Å². The van der Waals surface area contributed by atoms with Crippen molar-refractivity contribution in [1.29, 1.82) is 0 Å². The highest BCUT2D eigenvalue weighted by atomic mass is 35.5. The predicted molar refractivity (Wildman–Crippen MR) is 71.2 cm³/mol. The lowest BCUT2D eigenvalue weighted by Crippen LogP contribution is -2.52. The third-order valence-corrected chi connectivity index (χ3v) is 3.57. The number of rotatable bonds is 2. The molecule has 4 nitrogen and oxygen atoms in total. The SMILES string of the molecule is CC(C)(N)CN1CCCC2(CNC(=O)C2)C1.Cl. The van der Waals surface area contributed by atoms with Crippen LogP contribution in [0.5, 0.6) is 0 Å². The van der Waals surface area contributed by atoms with Crippen molar-refractivity contribution in [3.05, 3.63) is 0 Å². The first-order valence-corrected chi connectivity index (χ1v) is 6.17. The summed E-state index contributed by atoms with van der Waals surface area (Å²) in [4.78, 5) is 13.8. The summed E-state index contributed by atoms with van der Waals surface area (Å²) in [5.41, 5.74) is 6.11. The molecule has 0 aliphatic carbocycles. The van der Waals surface area contributed by atoms with Crippen LogP contribution >= 0.6 is 12.4 Å². The Labute approximate surface area is 110 Å². The zero-order valence-corrected chi connectivity index (χ0v) is 11.6. The minimum Gasteiger partial charge on any atom is -0.355 e. The summed E-state index contributed by atoms with van der Waals surface area (Å²) in [5.74, 6) is 0.217. The number of likely N-dealkylation sites (tertiary alicyclic amines) is 1. The smallest absolute Gasteiger partial charge is 0.220 e. The lowest BCUT2D eigenvalue weighted by Gasteiger charge is -2.41. The topological polar surface area (TPSA) is 58.4 Å². The second-order valence-electron chi connectivity index (χ2n) is 6.26. The molecule has 1 atom stereocenters. The van der Waals surface area contributed by atoms with E-state index in [2.05, 4.69) is 24.1 Å². The Kier molecular flexibility index (Phi) is 4.44. The standard InChI is InChI=1S/C12H23N3O.ClH/c1-11(2,13)8-15-5-3-4-12(9-15)6-10(16)14-7-12;/h3-9,13H2,1-2H3,(H,14,16);1H. The molecule has 2 aliphatic heterocycles. The minimum atomic E-state index is -0.144. The van der Waals surface area contributed by atoms with Crippen molar-refractivity contribution in [3.8, 4) is 0 Å². The van der Waals surface area contributed by atoms with Crippen molar-refractivity contribution in [3.63, 3.8) is 0 Å². The van der Waals surface area contributed by atoms with Crippen LogP contribution in [0.4, 0.5) is 0 Å². The highest BCUT2D eigenvalue weighted by Crippen LogP contribution is 2.36. The summed E-state index contributed by atoms with van der Waals surface area (Å²) in [7, 11) is 0. The van der Waals surface area contributed by atoms with E-state index >= 15 is 0 Å². The van der Waals surface area contributed by atoms with E-state index in [0.29, 0.717) is 6.42 Å². The van der Waals surface area contributed by atoms with E-state index in [1.54, 1.807) is 0 Å². The van der Waals surface area contributed by atoms with Gasteiger partial charge in [-0.2, -0.15) is 0 Å². The van der Waals surface area contributed by atoms with Crippen LogP contribution in [0.15, 0.2) is 0 Å². The van der Waals surface area contributed by atoms with E-state index in [0.717, 1.165) is 26.2 Å². The summed E-state index contributed by atoms with van der Waals surface area (Å²) >= 11 is 0. The molecule has 2 aliphatic rings. The normalized spacial score (nSPS) is 30.2. The zero-order valence-electron chi connectivity index (χ0n) is 10.8. The quantitative estimate of drug-likeness (QED) is 0.771. The molecule has 0 bridgehead atoms. The highest BCUT2D eigenvalue weighted by Gasteiger charge is 2.42. The number of nitrogens with two attached hydrogens (primary N) is 1. The van der Waals surface area contributed by atoms with Crippen molar-refractivity contribution < 1.29 is 4.79 Å². The Morgan fingerprint density at radius 2 is 2.24 bits per heavy atom. The number of carbonyl (C=O) groups excluding carboxylic acids is 1. The molecule has 3 N–H and O–H groups in total. The van der Waals surface area contributed by atoms with Gasteiger partial charge >= 0.3 is 0 Å². The van der Waals surface area contributed by atoms with Gasteiger partial charge in [0.05, 0.1) is 0 Å². The van der Waals surface area contributed by atoms with Crippen LogP contribution in [0.25, 0.3) is 0 Å². The fourth-order valence-electron chi connectivity index (χ4n) is 3.06. The predicted octanol–water partition coefficient (Wildman–Crippen LogP) is 0.748. The van der Waals surface area contributed by atoms with Crippen LogP contribution in [0.2, 0.25) is 0 Å². The molecule has 1 amide bonds. The van der Waals surface area contributed by atoms with Crippen LogP contribution in [-0.4, -0.2) is 42.5 Å². The fourth-order valence-corrected chi connectivity index (χ4v) is 3.06. The lowest BCUT2D eigenvalue weighted by molar-refractivity contribution is -0.119. The number of nitrogens with one attached hydrogen (secondary N) is 1. The Balaban J connectivity index is 0.00000144. The second kappa shape index (κ2) is 5.12. The summed E-state index contributed by atoms with van der Waals surface area (Å²) in [6, 6.07) is 0. The number of halogens is 1. The summed E-state index contributed by atoms with van der Waals surface area (Å²) in [6.07, 6.45) is 3.06. The summed E-state index contributed by atoms with van der Waals surface area (Å²) in [5, 5.41) is 2.97. The lowest BCUT2D eigenvalue weighted by atomic mass is 9.79. The third kappa shape index (κ3) is 3.83. The molecule has 0 aromatic carbocycles. The Morgan fingerprint density at radius 3 is 2.76 bits per heavy atom. The average Bonchev–Trinajstić information content (AvgIpc) is 2.44. The average molecular weight is 262 g/mol. The third-order valence-electron chi connectivity index (χ3n) is 3.57. The first kappa shape index (κ1) is 14.7. The Bertz CT molecular complexity index is 290. The van der Waals surface area contributed by atoms with E-state index in [1.165, 1.54) is 12.8 Å².